The number of rotatable bonds is 4. The Morgan fingerprint density at radius 1 is 1.09 bits per heavy atom. The van der Waals surface area contributed by atoms with Crippen LogP contribution in [0.4, 0.5) is 0 Å². The van der Waals surface area contributed by atoms with E-state index in [0.717, 1.165) is 23.3 Å². The molecule has 0 aromatic heterocycles. The van der Waals surface area contributed by atoms with E-state index >= 15 is 0 Å². The van der Waals surface area contributed by atoms with Gasteiger partial charge in [0.1, 0.15) is 0 Å². The van der Waals surface area contributed by atoms with Crippen LogP contribution >= 0.6 is 0 Å². The molecule has 0 spiro atoms. The molecule has 22 heavy (non-hydrogen) atoms. The molecule has 4 bridgehead atoms. The van der Waals surface area contributed by atoms with Gasteiger partial charge in [0.05, 0.1) is 6.04 Å². The van der Waals surface area contributed by atoms with Gasteiger partial charge in [-0.1, -0.05) is 30.3 Å². The number of nitrogens with one attached hydrogen (secondary N) is 1. The second-order valence-corrected chi connectivity index (χ2v) is 7.98. The van der Waals surface area contributed by atoms with E-state index in [2.05, 4.69) is 5.32 Å². The van der Waals surface area contributed by atoms with Crippen LogP contribution in [0.3, 0.4) is 0 Å². The number of carbonyl (C=O) groups excluding carboxylic acids is 1. The van der Waals surface area contributed by atoms with Crippen molar-refractivity contribution >= 4 is 5.91 Å². The molecule has 4 fully saturated rings. The van der Waals surface area contributed by atoms with E-state index < -0.39 is 6.04 Å². The molecule has 0 aliphatic heterocycles. The zero-order chi connectivity index (χ0) is 15.2. The molecule has 0 radical (unpaired) electrons. The van der Waals surface area contributed by atoms with Crippen LogP contribution in [0.2, 0.25) is 0 Å². The Balaban J connectivity index is 1.41. The monoisotopic (exact) mass is 298 g/mol. The minimum atomic E-state index is -0.435. The van der Waals surface area contributed by atoms with E-state index in [9.17, 15) is 4.79 Å². The van der Waals surface area contributed by atoms with Crippen LogP contribution in [0.15, 0.2) is 30.3 Å². The highest BCUT2D eigenvalue weighted by atomic mass is 16.2. The average molecular weight is 298 g/mol. The molecule has 1 amide bonds. The predicted molar refractivity (Wildman–Crippen MR) is 87.2 cm³/mol. The summed E-state index contributed by atoms with van der Waals surface area (Å²) >= 11 is 0. The SMILES string of the molecule is N[C@@H](Cc1ccccc1)C(=O)NC12CC3CC(CC(C3)C1)C2. The molecular weight excluding hydrogens is 272 g/mol. The first kappa shape index (κ1) is 14.3. The molecule has 1 aromatic carbocycles. The van der Waals surface area contributed by atoms with Crippen molar-refractivity contribution in [3.05, 3.63) is 35.9 Å². The normalized spacial score (nSPS) is 37.0. The minimum Gasteiger partial charge on any atom is -0.349 e. The van der Waals surface area contributed by atoms with Crippen molar-refractivity contribution in [2.24, 2.45) is 23.5 Å². The van der Waals surface area contributed by atoms with Gasteiger partial charge in [0.25, 0.3) is 0 Å². The van der Waals surface area contributed by atoms with Crippen LogP contribution in [-0.4, -0.2) is 17.5 Å². The van der Waals surface area contributed by atoms with E-state index in [1.165, 1.54) is 38.5 Å². The summed E-state index contributed by atoms with van der Waals surface area (Å²) in [5.74, 6) is 2.58. The fourth-order valence-corrected chi connectivity index (χ4v) is 5.58. The zero-order valence-corrected chi connectivity index (χ0v) is 13.1. The molecular formula is C19H26N2O. The molecule has 5 rings (SSSR count). The Labute approximate surface area is 132 Å². The van der Waals surface area contributed by atoms with Crippen molar-refractivity contribution in [1.29, 1.82) is 0 Å². The molecule has 4 aliphatic carbocycles. The summed E-state index contributed by atoms with van der Waals surface area (Å²) in [6.07, 6.45) is 8.36. The smallest absolute Gasteiger partial charge is 0.237 e. The third-order valence-corrected chi connectivity index (χ3v) is 6.06. The topological polar surface area (TPSA) is 55.1 Å². The van der Waals surface area contributed by atoms with Crippen molar-refractivity contribution in [2.75, 3.05) is 0 Å². The van der Waals surface area contributed by atoms with Gasteiger partial charge in [0, 0.05) is 5.54 Å². The lowest BCUT2D eigenvalue weighted by Crippen LogP contribution is -2.62. The number of benzene rings is 1. The van der Waals surface area contributed by atoms with Crippen LogP contribution in [0.1, 0.15) is 44.1 Å². The molecule has 3 heteroatoms. The molecule has 0 heterocycles. The van der Waals surface area contributed by atoms with Gasteiger partial charge in [-0.3, -0.25) is 4.79 Å². The van der Waals surface area contributed by atoms with Crippen LogP contribution in [0, 0.1) is 17.8 Å². The summed E-state index contributed by atoms with van der Waals surface area (Å²) in [4.78, 5) is 12.6. The standard InChI is InChI=1S/C19H26N2O/c20-17(9-13-4-2-1-3-5-13)18(22)21-19-10-14-6-15(11-19)8-16(7-14)12-19/h1-5,14-17H,6-12,20H2,(H,21,22)/t14?,15?,16?,17-,19?/m0/s1. The fourth-order valence-electron chi connectivity index (χ4n) is 5.58. The molecule has 0 saturated heterocycles. The zero-order valence-electron chi connectivity index (χ0n) is 13.1. The number of hydrogen-bond donors (Lipinski definition) is 2. The summed E-state index contributed by atoms with van der Waals surface area (Å²) < 4.78 is 0. The Morgan fingerprint density at radius 3 is 2.18 bits per heavy atom. The lowest BCUT2D eigenvalue weighted by Gasteiger charge is -2.57. The van der Waals surface area contributed by atoms with Crippen molar-refractivity contribution < 1.29 is 4.79 Å². The maximum Gasteiger partial charge on any atom is 0.237 e. The van der Waals surface area contributed by atoms with Gasteiger partial charge in [-0.05, 0) is 68.3 Å². The number of nitrogens with two attached hydrogens (primary N) is 1. The van der Waals surface area contributed by atoms with Crippen LogP contribution in [0.25, 0.3) is 0 Å². The Hall–Kier alpha value is -1.35. The van der Waals surface area contributed by atoms with Gasteiger partial charge in [-0.2, -0.15) is 0 Å². The lowest BCUT2D eigenvalue weighted by molar-refractivity contribution is -0.128. The quantitative estimate of drug-likeness (QED) is 0.898. The molecule has 3 N–H and O–H groups in total. The third-order valence-electron chi connectivity index (χ3n) is 6.06. The highest BCUT2D eigenvalue weighted by Gasteiger charge is 2.51. The number of amides is 1. The Kier molecular flexibility index (Phi) is 3.48. The van der Waals surface area contributed by atoms with E-state index in [1.807, 2.05) is 30.3 Å². The largest absolute Gasteiger partial charge is 0.349 e. The second-order valence-electron chi connectivity index (χ2n) is 7.98. The molecule has 4 saturated carbocycles. The summed E-state index contributed by atoms with van der Waals surface area (Å²) in [6.45, 7) is 0. The minimum absolute atomic E-state index is 0.0470. The highest BCUT2D eigenvalue weighted by molar-refractivity contribution is 5.82. The van der Waals surface area contributed by atoms with Crippen LogP contribution in [-0.2, 0) is 11.2 Å². The first-order chi connectivity index (χ1) is 10.6. The third kappa shape index (κ3) is 2.67. The van der Waals surface area contributed by atoms with Gasteiger partial charge in [0.15, 0.2) is 0 Å². The van der Waals surface area contributed by atoms with Gasteiger partial charge in [-0.15, -0.1) is 0 Å². The molecule has 118 valence electrons. The van der Waals surface area contributed by atoms with E-state index in [0.29, 0.717) is 6.42 Å². The van der Waals surface area contributed by atoms with Crippen molar-refractivity contribution in [3.63, 3.8) is 0 Å². The van der Waals surface area contributed by atoms with E-state index in [1.54, 1.807) is 0 Å². The van der Waals surface area contributed by atoms with E-state index in [-0.39, 0.29) is 11.4 Å². The predicted octanol–water partition coefficient (Wildman–Crippen LogP) is 2.64. The number of carbonyl (C=O) groups is 1. The van der Waals surface area contributed by atoms with Crippen molar-refractivity contribution in [1.82, 2.24) is 5.32 Å². The highest BCUT2D eigenvalue weighted by Crippen LogP contribution is 2.55. The summed E-state index contributed by atoms with van der Waals surface area (Å²) in [5, 5.41) is 3.38. The molecule has 4 aliphatic rings. The summed E-state index contributed by atoms with van der Waals surface area (Å²) in [5.41, 5.74) is 7.37. The van der Waals surface area contributed by atoms with Crippen molar-refractivity contribution in [2.45, 2.75) is 56.5 Å². The fraction of sp³-hybridized carbons (Fsp3) is 0.632. The maximum atomic E-state index is 12.6. The Morgan fingerprint density at radius 2 is 1.64 bits per heavy atom. The first-order valence-electron chi connectivity index (χ1n) is 8.73. The maximum absolute atomic E-state index is 12.6. The molecule has 1 aromatic rings. The molecule has 1 atom stereocenters. The van der Waals surface area contributed by atoms with Crippen LogP contribution < -0.4 is 11.1 Å². The average Bonchev–Trinajstić information content (AvgIpc) is 2.46. The van der Waals surface area contributed by atoms with Gasteiger partial charge in [0.2, 0.25) is 5.91 Å². The van der Waals surface area contributed by atoms with Gasteiger partial charge < -0.3 is 11.1 Å². The van der Waals surface area contributed by atoms with Crippen LogP contribution in [0.5, 0.6) is 0 Å². The second kappa shape index (κ2) is 5.38. The van der Waals surface area contributed by atoms with Gasteiger partial charge >= 0.3 is 0 Å². The Bertz CT molecular complexity index is 519. The molecule has 0 unspecified atom stereocenters. The van der Waals surface area contributed by atoms with Crippen molar-refractivity contribution in [3.8, 4) is 0 Å². The van der Waals surface area contributed by atoms with Gasteiger partial charge in [-0.25, -0.2) is 0 Å². The summed E-state index contributed by atoms with van der Waals surface area (Å²) in [6, 6.07) is 9.63. The lowest BCUT2D eigenvalue weighted by atomic mass is 9.53. The van der Waals surface area contributed by atoms with E-state index in [4.69, 9.17) is 5.73 Å². The first-order valence-corrected chi connectivity index (χ1v) is 8.73. The molecule has 3 nitrogen and oxygen atoms in total. The number of hydrogen-bond acceptors (Lipinski definition) is 2. The summed E-state index contributed by atoms with van der Waals surface area (Å²) in [7, 11) is 0.